The van der Waals surface area contributed by atoms with E-state index in [1.807, 2.05) is 0 Å². The summed E-state index contributed by atoms with van der Waals surface area (Å²) in [6.07, 6.45) is 0. The average Bonchev–Trinajstić information content (AvgIpc) is 2.60. The molecule has 2 amide bonds. The second-order valence-corrected chi connectivity index (χ2v) is 5.17. The molecule has 0 radical (unpaired) electrons. The van der Waals surface area contributed by atoms with E-state index in [0.29, 0.717) is 37.8 Å². The maximum atomic E-state index is 12.5. The van der Waals surface area contributed by atoms with Gasteiger partial charge in [0.05, 0.1) is 27.4 Å². The number of nitrogens with one attached hydrogen (secondary N) is 1. The van der Waals surface area contributed by atoms with Crippen LogP contribution >= 0.6 is 0 Å². The Labute approximate surface area is 135 Å². The van der Waals surface area contributed by atoms with Crippen LogP contribution in [0, 0.1) is 0 Å². The minimum atomic E-state index is -0.643. The lowest BCUT2D eigenvalue weighted by atomic mass is 10.1. The zero-order chi connectivity index (χ0) is 16.8. The van der Waals surface area contributed by atoms with Gasteiger partial charge in [-0.1, -0.05) is 6.07 Å². The lowest BCUT2D eigenvalue weighted by Crippen LogP contribution is -2.50. The van der Waals surface area contributed by atoms with E-state index in [0.717, 1.165) is 0 Å². The first-order valence-electron chi connectivity index (χ1n) is 7.47. The highest BCUT2D eigenvalue weighted by atomic mass is 16.5. The Morgan fingerprint density at radius 2 is 1.74 bits per heavy atom. The van der Waals surface area contributed by atoms with E-state index in [1.54, 1.807) is 30.0 Å². The van der Waals surface area contributed by atoms with Gasteiger partial charge in [0.1, 0.15) is 23.1 Å². The van der Waals surface area contributed by atoms with Crippen LogP contribution in [0.2, 0.25) is 0 Å². The van der Waals surface area contributed by atoms with E-state index in [-0.39, 0.29) is 11.5 Å². The van der Waals surface area contributed by atoms with Crippen molar-refractivity contribution < 1.29 is 23.8 Å². The summed E-state index contributed by atoms with van der Waals surface area (Å²) in [6, 6.07) is 4.43. The predicted molar refractivity (Wildman–Crippen MR) is 83.9 cm³/mol. The molecule has 0 bridgehead atoms. The fraction of sp³-hybridized carbons (Fsp3) is 0.500. The molecule has 1 aliphatic rings. The van der Waals surface area contributed by atoms with Crippen LogP contribution in [0.25, 0.3) is 0 Å². The van der Waals surface area contributed by atoms with Crippen LogP contribution < -0.4 is 14.8 Å². The van der Waals surface area contributed by atoms with Crippen LogP contribution in [0.5, 0.6) is 11.5 Å². The highest BCUT2D eigenvalue weighted by Crippen LogP contribution is 2.28. The molecular formula is C16H22N2O5. The molecule has 0 unspecified atom stereocenters. The Kier molecular flexibility index (Phi) is 5.81. The van der Waals surface area contributed by atoms with Crippen molar-refractivity contribution in [1.82, 2.24) is 10.2 Å². The third-order valence-corrected chi connectivity index (χ3v) is 3.70. The van der Waals surface area contributed by atoms with E-state index in [2.05, 4.69) is 5.32 Å². The van der Waals surface area contributed by atoms with E-state index in [1.165, 1.54) is 14.2 Å². The number of nitrogens with zero attached hydrogens (tertiary/aromatic N) is 1. The molecule has 7 heteroatoms. The molecule has 7 nitrogen and oxygen atoms in total. The number of carbonyl (C=O) groups is 2. The molecular weight excluding hydrogens is 300 g/mol. The summed E-state index contributed by atoms with van der Waals surface area (Å²) in [7, 11) is 2.96. The highest BCUT2D eigenvalue weighted by molar-refractivity contribution is 6.01. The topological polar surface area (TPSA) is 77.1 Å². The summed E-state index contributed by atoms with van der Waals surface area (Å²) >= 11 is 0. The summed E-state index contributed by atoms with van der Waals surface area (Å²) in [5, 5.41) is 2.71. The van der Waals surface area contributed by atoms with Gasteiger partial charge in [-0.3, -0.25) is 9.59 Å². The maximum Gasteiger partial charge on any atom is 0.259 e. The largest absolute Gasteiger partial charge is 0.496 e. The summed E-state index contributed by atoms with van der Waals surface area (Å²) in [6.45, 7) is 3.78. The Balaban J connectivity index is 2.10. The van der Waals surface area contributed by atoms with Gasteiger partial charge in [0, 0.05) is 13.1 Å². The van der Waals surface area contributed by atoms with Crippen LogP contribution in [0.15, 0.2) is 18.2 Å². The van der Waals surface area contributed by atoms with Gasteiger partial charge in [-0.05, 0) is 19.1 Å². The number of hydrogen-bond acceptors (Lipinski definition) is 5. The summed E-state index contributed by atoms with van der Waals surface area (Å²) in [5.74, 6) is 0.254. The zero-order valence-corrected chi connectivity index (χ0v) is 13.6. The Bertz CT molecular complexity index is 547. The molecule has 1 aliphatic heterocycles. The Morgan fingerprint density at radius 1 is 1.17 bits per heavy atom. The fourth-order valence-corrected chi connectivity index (χ4v) is 2.46. The summed E-state index contributed by atoms with van der Waals surface area (Å²) in [4.78, 5) is 26.6. The summed E-state index contributed by atoms with van der Waals surface area (Å²) < 4.78 is 15.7. The molecule has 0 aromatic heterocycles. The number of benzene rings is 1. The molecule has 126 valence electrons. The summed E-state index contributed by atoms with van der Waals surface area (Å²) in [5.41, 5.74) is 0.277. The van der Waals surface area contributed by atoms with Gasteiger partial charge in [-0.2, -0.15) is 0 Å². The van der Waals surface area contributed by atoms with E-state index in [4.69, 9.17) is 14.2 Å². The van der Waals surface area contributed by atoms with Crippen molar-refractivity contribution in [3.8, 4) is 11.5 Å². The van der Waals surface area contributed by atoms with Gasteiger partial charge >= 0.3 is 0 Å². The van der Waals surface area contributed by atoms with Crippen LogP contribution in [-0.2, 0) is 9.53 Å². The third kappa shape index (κ3) is 3.92. The standard InChI is InChI=1S/C16H22N2O5/c1-11(16(20)18-7-9-23-10-8-18)17-15(19)14-12(21-2)5-4-6-13(14)22-3/h4-6,11H,7-10H2,1-3H3,(H,17,19)/t11-/m1/s1. The number of ether oxygens (including phenoxy) is 3. The van der Waals surface area contributed by atoms with Gasteiger partial charge in [0.25, 0.3) is 5.91 Å². The molecule has 1 aromatic carbocycles. The quantitative estimate of drug-likeness (QED) is 0.863. The SMILES string of the molecule is COc1cccc(OC)c1C(=O)N[C@H](C)C(=O)N1CCOCC1. The predicted octanol–water partition coefficient (Wildman–Crippen LogP) is 0.681. The van der Waals surface area contributed by atoms with Gasteiger partial charge < -0.3 is 24.4 Å². The van der Waals surface area contributed by atoms with Crippen LogP contribution in [0.3, 0.4) is 0 Å². The van der Waals surface area contributed by atoms with Gasteiger partial charge in [0.2, 0.25) is 5.91 Å². The first-order valence-corrected chi connectivity index (χ1v) is 7.47. The van der Waals surface area contributed by atoms with Crippen molar-refractivity contribution in [1.29, 1.82) is 0 Å². The molecule has 0 spiro atoms. The smallest absolute Gasteiger partial charge is 0.259 e. The number of amides is 2. The van der Waals surface area contributed by atoms with Crippen molar-refractivity contribution in [3.63, 3.8) is 0 Å². The van der Waals surface area contributed by atoms with Crippen LogP contribution in [0.1, 0.15) is 17.3 Å². The third-order valence-electron chi connectivity index (χ3n) is 3.70. The van der Waals surface area contributed by atoms with Gasteiger partial charge in [-0.15, -0.1) is 0 Å². The lowest BCUT2D eigenvalue weighted by Gasteiger charge is -2.29. The van der Waals surface area contributed by atoms with Crippen molar-refractivity contribution in [3.05, 3.63) is 23.8 Å². The molecule has 1 fully saturated rings. The number of rotatable bonds is 5. The van der Waals surface area contributed by atoms with E-state index in [9.17, 15) is 9.59 Å². The van der Waals surface area contributed by atoms with Crippen LogP contribution in [0.4, 0.5) is 0 Å². The molecule has 1 saturated heterocycles. The molecule has 1 aromatic rings. The van der Waals surface area contributed by atoms with E-state index >= 15 is 0 Å². The number of methoxy groups -OCH3 is 2. The van der Waals surface area contributed by atoms with Crippen molar-refractivity contribution in [2.45, 2.75) is 13.0 Å². The Morgan fingerprint density at radius 3 is 2.26 bits per heavy atom. The lowest BCUT2D eigenvalue weighted by molar-refractivity contribution is -0.136. The fourth-order valence-electron chi connectivity index (χ4n) is 2.46. The van der Waals surface area contributed by atoms with Crippen molar-refractivity contribution in [2.24, 2.45) is 0 Å². The van der Waals surface area contributed by atoms with E-state index < -0.39 is 11.9 Å². The zero-order valence-electron chi connectivity index (χ0n) is 13.6. The molecule has 23 heavy (non-hydrogen) atoms. The second-order valence-electron chi connectivity index (χ2n) is 5.17. The number of hydrogen-bond donors (Lipinski definition) is 1. The number of carbonyl (C=O) groups excluding carboxylic acids is 2. The number of morpholine rings is 1. The monoisotopic (exact) mass is 322 g/mol. The minimum Gasteiger partial charge on any atom is -0.496 e. The maximum absolute atomic E-state index is 12.5. The highest BCUT2D eigenvalue weighted by Gasteiger charge is 2.26. The molecule has 1 heterocycles. The first kappa shape index (κ1) is 17.1. The minimum absolute atomic E-state index is 0.129. The normalized spacial score (nSPS) is 15.7. The molecule has 0 saturated carbocycles. The molecule has 1 atom stereocenters. The molecule has 2 rings (SSSR count). The van der Waals surface area contributed by atoms with Gasteiger partial charge in [-0.25, -0.2) is 0 Å². The second kappa shape index (κ2) is 7.82. The van der Waals surface area contributed by atoms with Gasteiger partial charge in [0.15, 0.2) is 0 Å². The van der Waals surface area contributed by atoms with Crippen molar-refractivity contribution in [2.75, 3.05) is 40.5 Å². The Hall–Kier alpha value is -2.28. The molecule has 0 aliphatic carbocycles. The average molecular weight is 322 g/mol. The molecule has 1 N–H and O–H groups in total. The van der Waals surface area contributed by atoms with Crippen molar-refractivity contribution >= 4 is 11.8 Å². The first-order chi connectivity index (χ1) is 11.1. The van der Waals surface area contributed by atoms with Crippen LogP contribution in [-0.4, -0.2) is 63.3 Å².